The second kappa shape index (κ2) is 7.97. The van der Waals surface area contributed by atoms with Crippen molar-refractivity contribution >= 4 is 17.0 Å². The lowest BCUT2D eigenvalue weighted by molar-refractivity contribution is 0.636. The number of H-pyrrole nitrogens is 1. The Morgan fingerprint density at radius 1 is 1.00 bits per heavy atom. The second-order valence-corrected chi connectivity index (χ2v) is 6.55. The Morgan fingerprint density at radius 3 is 2.52 bits per heavy atom. The third-order valence-corrected chi connectivity index (χ3v) is 4.71. The summed E-state index contributed by atoms with van der Waals surface area (Å²) in [4.78, 5) is 4.29. The first-order valence-electron chi connectivity index (χ1n) is 9.08. The molecule has 0 bridgehead atoms. The van der Waals surface area contributed by atoms with Crippen molar-refractivity contribution in [3.8, 4) is 0 Å². The van der Waals surface area contributed by atoms with Crippen LogP contribution in [0.4, 0.5) is 5.82 Å². The molecule has 0 aliphatic carbocycles. The largest absolute Gasteiger partial charge is 0.384 e. The van der Waals surface area contributed by atoms with Crippen LogP contribution in [0.5, 0.6) is 0 Å². The maximum absolute atomic E-state index is 6.02. The lowest BCUT2D eigenvalue weighted by atomic mass is 9.91. The van der Waals surface area contributed by atoms with Crippen LogP contribution < -0.4 is 11.1 Å². The van der Waals surface area contributed by atoms with Crippen molar-refractivity contribution in [1.82, 2.24) is 25.7 Å². The number of anilines is 1. The van der Waals surface area contributed by atoms with Gasteiger partial charge in [-0.05, 0) is 35.7 Å². The van der Waals surface area contributed by atoms with E-state index < -0.39 is 0 Å². The fourth-order valence-electron chi connectivity index (χ4n) is 3.37. The van der Waals surface area contributed by atoms with E-state index in [1.54, 1.807) is 0 Å². The van der Waals surface area contributed by atoms with E-state index >= 15 is 0 Å². The average molecular weight is 358 g/mol. The maximum Gasteiger partial charge on any atom is 0.178 e. The molecule has 6 heteroatoms. The standard InChI is InChI=1S/C21H22N6/c22-19-13-17(20-21(24-19)26-27-25-20)18(16-9-5-2-6-10-16)14-23-12-11-15-7-3-1-4-8-15/h1-10,13,18,23H,11-12,14H2,(H3,22,24,25,26,27). The van der Waals surface area contributed by atoms with Gasteiger partial charge >= 0.3 is 0 Å². The zero-order valence-electron chi connectivity index (χ0n) is 15.0. The van der Waals surface area contributed by atoms with Gasteiger partial charge in [0.25, 0.3) is 0 Å². The van der Waals surface area contributed by atoms with Gasteiger partial charge in [-0.15, -0.1) is 5.10 Å². The summed E-state index contributed by atoms with van der Waals surface area (Å²) in [7, 11) is 0. The molecule has 1 unspecified atom stereocenters. The highest BCUT2D eigenvalue weighted by Gasteiger charge is 2.19. The van der Waals surface area contributed by atoms with E-state index in [2.05, 4.69) is 74.2 Å². The molecule has 0 spiro atoms. The number of nitrogens with zero attached hydrogens (tertiary/aromatic N) is 3. The van der Waals surface area contributed by atoms with Crippen LogP contribution >= 0.6 is 0 Å². The van der Waals surface area contributed by atoms with Gasteiger partial charge in [-0.1, -0.05) is 65.9 Å². The number of nitrogen functional groups attached to an aromatic ring is 1. The average Bonchev–Trinajstić information content (AvgIpc) is 3.17. The van der Waals surface area contributed by atoms with Crippen LogP contribution in [0.25, 0.3) is 11.2 Å². The molecule has 136 valence electrons. The van der Waals surface area contributed by atoms with E-state index in [1.165, 1.54) is 11.1 Å². The van der Waals surface area contributed by atoms with Crippen LogP contribution in [0, 0.1) is 0 Å². The molecule has 0 amide bonds. The van der Waals surface area contributed by atoms with Crippen LogP contribution in [0.15, 0.2) is 66.7 Å². The zero-order chi connectivity index (χ0) is 18.5. The maximum atomic E-state index is 6.02. The molecule has 0 aliphatic rings. The van der Waals surface area contributed by atoms with Crippen molar-refractivity contribution in [3.63, 3.8) is 0 Å². The Bertz CT molecular complexity index is 997. The third-order valence-electron chi connectivity index (χ3n) is 4.71. The van der Waals surface area contributed by atoms with Crippen molar-refractivity contribution in [2.24, 2.45) is 0 Å². The van der Waals surface area contributed by atoms with Crippen molar-refractivity contribution in [2.45, 2.75) is 12.3 Å². The molecule has 2 aromatic carbocycles. The topological polar surface area (TPSA) is 92.5 Å². The second-order valence-electron chi connectivity index (χ2n) is 6.55. The number of nitrogens with one attached hydrogen (secondary N) is 2. The first kappa shape index (κ1) is 17.2. The normalized spacial score (nSPS) is 12.3. The molecule has 4 aromatic rings. The van der Waals surface area contributed by atoms with Crippen molar-refractivity contribution < 1.29 is 0 Å². The predicted molar refractivity (Wildman–Crippen MR) is 107 cm³/mol. The van der Waals surface area contributed by atoms with Gasteiger partial charge in [-0.2, -0.15) is 0 Å². The minimum Gasteiger partial charge on any atom is -0.384 e. The van der Waals surface area contributed by atoms with Crippen molar-refractivity contribution in [3.05, 3.63) is 83.4 Å². The molecule has 0 saturated heterocycles. The van der Waals surface area contributed by atoms with Gasteiger partial charge in [0.2, 0.25) is 0 Å². The molecule has 1 atom stereocenters. The van der Waals surface area contributed by atoms with Gasteiger partial charge in [0.05, 0.1) is 0 Å². The summed E-state index contributed by atoms with van der Waals surface area (Å²) >= 11 is 0. The highest BCUT2D eigenvalue weighted by molar-refractivity contribution is 5.77. The van der Waals surface area contributed by atoms with E-state index in [-0.39, 0.29) is 5.92 Å². The molecule has 4 rings (SSSR count). The molecule has 0 saturated carbocycles. The van der Waals surface area contributed by atoms with Crippen molar-refractivity contribution in [1.29, 1.82) is 0 Å². The molecule has 0 radical (unpaired) electrons. The number of aromatic amines is 1. The molecule has 6 nitrogen and oxygen atoms in total. The van der Waals surface area contributed by atoms with E-state index in [1.807, 2.05) is 18.2 Å². The van der Waals surface area contributed by atoms with Crippen LogP contribution in [-0.4, -0.2) is 33.5 Å². The molecule has 0 fully saturated rings. The summed E-state index contributed by atoms with van der Waals surface area (Å²) in [5.41, 5.74) is 11.0. The predicted octanol–water partition coefficient (Wildman–Crippen LogP) is 2.90. The number of hydrogen-bond donors (Lipinski definition) is 3. The lowest BCUT2D eigenvalue weighted by Crippen LogP contribution is -2.25. The molecule has 4 N–H and O–H groups in total. The molecular formula is C21H22N6. The minimum absolute atomic E-state index is 0.111. The summed E-state index contributed by atoms with van der Waals surface area (Å²) in [6.07, 6.45) is 0.986. The molecular weight excluding hydrogens is 336 g/mol. The first-order chi connectivity index (χ1) is 13.3. The van der Waals surface area contributed by atoms with E-state index in [4.69, 9.17) is 5.73 Å². The monoisotopic (exact) mass is 358 g/mol. The Morgan fingerprint density at radius 2 is 1.74 bits per heavy atom. The minimum atomic E-state index is 0.111. The van der Waals surface area contributed by atoms with Crippen LogP contribution in [0.2, 0.25) is 0 Å². The summed E-state index contributed by atoms with van der Waals surface area (Å²) in [5, 5.41) is 14.5. The van der Waals surface area contributed by atoms with Crippen LogP contribution in [0.3, 0.4) is 0 Å². The summed E-state index contributed by atoms with van der Waals surface area (Å²) in [6, 6.07) is 22.8. The smallest absolute Gasteiger partial charge is 0.178 e. The zero-order valence-corrected chi connectivity index (χ0v) is 15.0. The quantitative estimate of drug-likeness (QED) is 0.442. The highest BCUT2D eigenvalue weighted by atomic mass is 15.3. The Labute approximate surface area is 157 Å². The van der Waals surface area contributed by atoms with Gasteiger partial charge in [-0.25, -0.2) is 10.1 Å². The Balaban J connectivity index is 1.57. The summed E-state index contributed by atoms with van der Waals surface area (Å²) in [5.74, 6) is 0.577. The van der Waals surface area contributed by atoms with E-state index in [0.29, 0.717) is 11.5 Å². The van der Waals surface area contributed by atoms with E-state index in [9.17, 15) is 0 Å². The van der Waals surface area contributed by atoms with Crippen molar-refractivity contribution in [2.75, 3.05) is 18.8 Å². The molecule has 2 heterocycles. The third kappa shape index (κ3) is 3.96. The molecule has 2 aromatic heterocycles. The highest BCUT2D eigenvalue weighted by Crippen LogP contribution is 2.29. The lowest BCUT2D eigenvalue weighted by Gasteiger charge is -2.19. The Hall–Kier alpha value is -3.25. The molecule has 0 aliphatic heterocycles. The Kier molecular flexibility index (Phi) is 5.07. The fraction of sp³-hybridized carbons (Fsp3) is 0.190. The number of hydrogen-bond acceptors (Lipinski definition) is 5. The number of rotatable bonds is 7. The number of fused-ring (bicyclic) bond motifs is 1. The summed E-state index contributed by atoms with van der Waals surface area (Å²) in [6.45, 7) is 1.68. The number of benzene rings is 2. The van der Waals surface area contributed by atoms with E-state index in [0.717, 1.165) is 30.6 Å². The van der Waals surface area contributed by atoms with Crippen LogP contribution in [0.1, 0.15) is 22.6 Å². The fourth-order valence-corrected chi connectivity index (χ4v) is 3.37. The van der Waals surface area contributed by atoms with Crippen LogP contribution in [-0.2, 0) is 6.42 Å². The first-order valence-corrected chi connectivity index (χ1v) is 9.08. The number of pyridine rings is 1. The number of aromatic nitrogens is 4. The number of nitrogens with two attached hydrogens (primary N) is 1. The van der Waals surface area contributed by atoms with Gasteiger partial charge in [-0.3, -0.25) is 0 Å². The van der Waals surface area contributed by atoms with Gasteiger partial charge in [0, 0.05) is 12.5 Å². The molecule has 27 heavy (non-hydrogen) atoms. The van der Waals surface area contributed by atoms with Gasteiger partial charge < -0.3 is 11.1 Å². The van der Waals surface area contributed by atoms with Gasteiger partial charge in [0.1, 0.15) is 11.3 Å². The SMILES string of the molecule is Nc1cc(C(CNCCc2ccccc2)c2ccccc2)c2nn[nH]c2n1. The summed E-state index contributed by atoms with van der Waals surface area (Å²) < 4.78 is 0. The van der Waals surface area contributed by atoms with Gasteiger partial charge in [0.15, 0.2) is 5.65 Å².